The monoisotopic (exact) mass is 374 g/mol. The van der Waals surface area contributed by atoms with E-state index in [2.05, 4.69) is 0 Å². The Morgan fingerprint density at radius 2 is 1.37 bits per heavy atom. The van der Waals surface area contributed by atoms with Gasteiger partial charge in [0.25, 0.3) is 0 Å². The number of carbonyl (C=O) groups is 1. The topological polar surface area (TPSA) is 46.5 Å². The van der Waals surface area contributed by atoms with Gasteiger partial charge in [-0.1, -0.05) is 78.3 Å². The number of carbonyl (C=O) groups excluding carboxylic acids is 1. The smallest absolute Gasteiger partial charge is 0.348 e. The molecule has 4 rings (SSSR count). The van der Waals surface area contributed by atoms with Gasteiger partial charge < -0.3 is 9.84 Å². The fraction of sp³-hybridized carbons (Fsp3) is 0. The molecule has 1 heterocycles. The molecular formula is C23H15ClO3. The number of cyclic esters (lactones) is 1. The summed E-state index contributed by atoms with van der Waals surface area (Å²) in [6.07, 6.45) is 1.61. The summed E-state index contributed by atoms with van der Waals surface area (Å²) >= 11 is 5.88. The first-order valence-corrected chi connectivity index (χ1v) is 8.78. The molecule has 0 spiro atoms. The summed E-state index contributed by atoms with van der Waals surface area (Å²) in [5.41, 5.74) is 3.66. The van der Waals surface area contributed by atoms with Crippen LogP contribution in [0.1, 0.15) is 11.1 Å². The quantitative estimate of drug-likeness (QED) is 0.583. The number of aliphatic hydroxyl groups is 1. The molecule has 0 aromatic heterocycles. The number of rotatable bonds is 3. The molecule has 4 heteroatoms. The van der Waals surface area contributed by atoms with Crippen molar-refractivity contribution in [2.75, 3.05) is 0 Å². The molecule has 3 aromatic carbocycles. The van der Waals surface area contributed by atoms with Gasteiger partial charge in [0, 0.05) is 5.02 Å². The Bertz CT molecular complexity index is 1050. The third-order valence-electron chi connectivity index (χ3n) is 4.33. The maximum Gasteiger partial charge on any atom is 0.348 e. The highest BCUT2D eigenvalue weighted by Crippen LogP contribution is 2.33. The van der Waals surface area contributed by atoms with Gasteiger partial charge in [-0.15, -0.1) is 0 Å². The van der Waals surface area contributed by atoms with E-state index in [4.69, 9.17) is 16.3 Å². The molecule has 3 aromatic rings. The maximum absolute atomic E-state index is 12.3. The molecule has 27 heavy (non-hydrogen) atoms. The van der Waals surface area contributed by atoms with Crippen molar-refractivity contribution >= 4 is 29.2 Å². The van der Waals surface area contributed by atoms with Gasteiger partial charge in [0.05, 0.1) is 0 Å². The molecule has 3 nitrogen and oxygen atoms in total. The first-order chi connectivity index (χ1) is 13.1. The maximum atomic E-state index is 12.3. The summed E-state index contributed by atoms with van der Waals surface area (Å²) in [5.74, 6) is -0.605. The van der Waals surface area contributed by atoms with Crippen LogP contribution in [0.2, 0.25) is 5.02 Å². The number of hydrogen-bond acceptors (Lipinski definition) is 3. The van der Waals surface area contributed by atoms with Gasteiger partial charge in [0.15, 0.2) is 11.5 Å². The molecule has 0 amide bonds. The van der Waals surface area contributed by atoms with E-state index in [1.165, 1.54) is 0 Å². The van der Waals surface area contributed by atoms with Crippen molar-refractivity contribution < 1.29 is 14.6 Å². The van der Waals surface area contributed by atoms with Crippen LogP contribution in [0.15, 0.2) is 90.4 Å². The van der Waals surface area contributed by atoms with Gasteiger partial charge in [0.2, 0.25) is 0 Å². The van der Waals surface area contributed by atoms with Crippen LogP contribution < -0.4 is 0 Å². The van der Waals surface area contributed by atoms with Crippen LogP contribution in [0.4, 0.5) is 0 Å². The van der Waals surface area contributed by atoms with E-state index in [-0.39, 0.29) is 17.1 Å². The molecule has 0 radical (unpaired) electrons. The number of hydrogen-bond donors (Lipinski definition) is 1. The summed E-state index contributed by atoms with van der Waals surface area (Å²) in [4.78, 5) is 12.3. The number of esters is 1. The minimum atomic E-state index is -0.569. The second-order valence-corrected chi connectivity index (χ2v) is 6.55. The molecule has 0 saturated heterocycles. The first-order valence-electron chi connectivity index (χ1n) is 8.41. The molecule has 0 bridgehead atoms. The molecule has 0 fully saturated rings. The van der Waals surface area contributed by atoms with E-state index in [9.17, 15) is 9.90 Å². The Balaban J connectivity index is 1.67. The van der Waals surface area contributed by atoms with E-state index < -0.39 is 5.97 Å². The van der Waals surface area contributed by atoms with Crippen molar-refractivity contribution in [2.24, 2.45) is 0 Å². The second-order valence-electron chi connectivity index (χ2n) is 6.12. The van der Waals surface area contributed by atoms with Gasteiger partial charge in [-0.3, -0.25) is 0 Å². The summed E-state index contributed by atoms with van der Waals surface area (Å²) < 4.78 is 5.25. The fourth-order valence-corrected chi connectivity index (χ4v) is 3.07. The van der Waals surface area contributed by atoms with E-state index in [1.54, 1.807) is 42.5 Å². The molecule has 0 saturated carbocycles. The Morgan fingerprint density at radius 3 is 2.04 bits per heavy atom. The standard InChI is InChI=1S/C23H15ClO3/c24-19-12-6-15(7-13-19)14-20-22(25)21(23(26)27-20)18-10-8-17(9-11-18)16-4-2-1-3-5-16/h1-14,25H/b20-14-. The Labute approximate surface area is 161 Å². The Kier molecular flexibility index (Phi) is 4.53. The van der Waals surface area contributed by atoms with Crippen LogP contribution >= 0.6 is 11.6 Å². The largest absolute Gasteiger partial charge is 0.504 e. The van der Waals surface area contributed by atoms with Crippen molar-refractivity contribution in [1.29, 1.82) is 0 Å². The van der Waals surface area contributed by atoms with Crippen molar-refractivity contribution in [2.45, 2.75) is 0 Å². The van der Waals surface area contributed by atoms with E-state index in [0.717, 1.165) is 16.7 Å². The van der Waals surface area contributed by atoms with Crippen LogP contribution in [0.5, 0.6) is 0 Å². The lowest BCUT2D eigenvalue weighted by Gasteiger charge is -2.04. The van der Waals surface area contributed by atoms with Gasteiger partial charge >= 0.3 is 5.97 Å². The average Bonchev–Trinajstić information content (AvgIpc) is 2.98. The van der Waals surface area contributed by atoms with Crippen molar-refractivity contribution in [3.05, 3.63) is 107 Å². The van der Waals surface area contributed by atoms with Gasteiger partial charge in [-0.25, -0.2) is 4.79 Å². The number of ether oxygens (including phenoxy) is 1. The average molecular weight is 375 g/mol. The van der Waals surface area contributed by atoms with Gasteiger partial charge in [-0.2, -0.15) is 0 Å². The summed E-state index contributed by atoms with van der Waals surface area (Å²) in [5, 5.41) is 11.1. The molecule has 1 N–H and O–H groups in total. The third kappa shape index (κ3) is 3.50. The normalized spacial score (nSPS) is 15.3. The predicted molar refractivity (Wildman–Crippen MR) is 107 cm³/mol. The highest BCUT2D eigenvalue weighted by Gasteiger charge is 2.31. The number of benzene rings is 3. The van der Waals surface area contributed by atoms with Crippen LogP contribution in [0, 0.1) is 0 Å². The van der Waals surface area contributed by atoms with Crippen molar-refractivity contribution in [1.82, 2.24) is 0 Å². The lowest BCUT2D eigenvalue weighted by molar-refractivity contribution is -0.131. The molecule has 0 aliphatic carbocycles. The zero-order valence-corrected chi connectivity index (χ0v) is 15.0. The second kappa shape index (κ2) is 7.14. The Morgan fingerprint density at radius 1 is 0.778 bits per heavy atom. The first kappa shape index (κ1) is 17.1. The molecule has 1 aliphatic heterocycles. The van der Waals surface area contributed by atoms with Crippen LogP contribution in [0.25, 0.3) is 22.8 Å². The number of aliphatic hydroxyl groups excluding tert-OH is 1. The number of halogens is 1. The zero-order chi connectivity index (χ0) is 18.8. The van der Waals surface area contributed by atoms with Crippen molar-refractivity contribution in [3.8, 4) is 11.1 Å². The van der Waals surface area contributed by atoms with Crippen LogP contribution in [-0.2, 0) is 9.53 Å². The lowest BCUT2D eigenvalue weighted by Crippen LogP contribution is -1.98. The molecule has 0 unspecified atom stereocenters. The minimum Gasteiger partial charge on any atom is -0.504 e. The molecule has 132 valence electrons. The van der Waals surface area contributed by atoms with Gasteiger partial charge in [-0.05, 0) is 40.5 Å². The molecule has 0 atom stereocenters. The van der Waals surface area contributed by atoms with Crippen molar-refractivity contribution in [3.63, 3.8) is 0 Å². The predicted octanol–water partition coefficient (Wildman–Crippen LogP) is 5.87. The SMILES string of the molecule is O=C1O/C(=C\c2ccc(Cl)cc2)C(O)=C1c1ccc(-c2ccccc2)cc1. The fourth-order valence-electron chi connectivity index (χ4n) is 2.94. The lowest BCUT2D eigenvalue weighted by atomic mass is 10.00. The summed E-state index contributed by atoms with van der Waals surface area (Å²) in [7, 11) is 0. The minimum absolute atomic E-state index is 0.129. The van der Waals surface area contributed by atoms with E-state index in [0.29, 0.717) is 10.6 Å². The third-order valence-corrected chi connectivity index (χ3v) is 4.58. The highest BCUT2D eigenvalue weighted by atomic mass is 35.5. The zero-order valence-electron chi connectivity index (χ0n) is 14.2. The van der Waals surface area contributed by atoms with Crippen LogP contribution in [-0.4, -0.2) is 11.1 Å². The van der Waals surface area contributed by atoms with E-state index in [1.807, 2.05) is 42.5 Å². The molecule has 1 aliphatic rings. The highest BCUT2D eigenvalue weighted by molar-refractivity contribution is 6.30. The summed E-state index contributed by atoms with van der Waals surface area (Å²) in [6.45, 7) is 0. The Hall–Kier alpha value is -3.30. The van der Waals surface area contributed by atoms with Crippen LogP contribution in [0.3, 0.4) is 0 Å². The molecular weight excluding hydrogens is 360 g/mol. The van der Waals surface area contributed by atoms with Gasteiger partial charge in [0.1, 0.15) is 5.57 Å². The van der Waals surface area contributed by atoms with E-state index >= 15 is 0 Å². The summed E-state index contributed by atoms with van der Waals surface area (Å²) in [6, 6.07) is 24.4.